The number of nitrogens with zero attached hydrogens (tertiary/aromatic N) is 1. The summed E-state index contributed by atoms with van der Waals surface area (Å²) in [6.45, 7) is 0. The molecule has 1 aliphatic carbocycles. The third kappa shape index (κ3) is 1.11. The molecular formula is C14H11N3O5. The Hall–Kier alpha value is -2.71. The number of nitrogens with one attached hydrogen (secondary N) is 2. The summed E-state index contributed by atoms with van der Waals surface area (Å²) in [6.07, 6.45) is 0. The van der Waals surface area contributed by atoms with Crippen LogP contribution in [0.1, 0.15) is 21.5 Å². The van der Waals surface area contributed by atoms with E-state index in [4.69, 9.17) is 0 Å². The number of carbonyl (C=O) groups is 1. The maximum atomic E-state index is 12.6. The van der Waals surface area contributed by atoms with Crippen molar-refractivity contribution in [3.8, 4) is 0 Å². The van der Waals surface area contributed by atoms with E-state index in [-0.39, 0.29) is 22.5 Å². The van der Waals surface area contributed by atoms with E-state index in [9.17, 15) is 24.6 Å². The Labute approximate surface area is 122 Å². The van der Waals surface area contributed by atoms with Crippen LogP contribution in [0.3, 0.4) is 0 Å². The molecule has 22 heavy (non-hydrogen) atoms. The summed E-state index contributed by atoms with van der Waals surface area (Å²) in [6, 6.07) is 6.14. The number of H-pyrrole nitrogens is 1. The van der Waals surface area contributed by atoms with Crippen LogP contribution in [-0.2, 0) is 18.4 Å². The van der Waals surface area contributed by atoms with Gasteiger partial charge in [0.05, 0.1) is 0 Å². The van der Waals surface area contributed by atoms with E-state index >= 15 is 0 Å². The normalized spacial score (nSPS) is 28.0. The number of rotatable bonds is 0. The van der Waals surface area contributed by atoms with Crippen LogP contribution in [0, 0.1) is 0 Å². The van der Waals surface area contributed by atoms with E-state index in [0.29, 0.717) is 0 Å². The molecule has 112 valence electrons. The highest BCUT2D eigenvalue weighted by Crippen LogP contribution is 2.54. The van der Waals surface area contributed by atoms with Gasteiger partial charge in [0.1, 0.15) is 11.4 Å². The molecule has 2 heterocycles. The number of ketones is 1. The average molecular weight is 301 g/mol. The number of hydrogen-bond acceptors (Lipinski definition) is 6. The predicted octanol–water partition coefficient (Wildman–Crippen LogP) is -1.27. The van der Waals surface area contributed by atoms with Crippen molar-refractivity contribution in [3.63, 3.8) is 0 Å². The molecule has 0 spiro atoms. The number of carbonyl (C=O) groups excluding carboxylic acids is 1. The van der Waals surface area contributed by atoms with Gasteiger partial charge in [-0.15, -0.1) is 0 Å². The molecule has 4 N–H and O–H groups in total. The quantitative estimate of drug-likeness (QED) is 0.481. The Morgan fingerprint density at radius 1 is 1.14 bits per heavy atom. The minimum atomic E-state index is -2.48. The third-order valence-corrected chi connectivity index (χ3v) is 4.40. The molecule has 0 amide bonds. The highest BCUT2D eigenvalue weighted by Gasteiger charge is 2.69. The highest BCUT2D eigenvalue weighted by atomic mass is 16.4. The number of anilines is 1. The second-order valence-electron chi connectivity index (χ2n) is 5.46. The Morgan fingerprint density at radius 2 is 1.82 bits per heavy atom. The van der Waals surface area contributed by atoms with Crippen LogP contribution >= 0.6 is 0 Å². The average Bonchev–Trinajstić information content (AvgIpc) is 2.83. The summed E-state index contributed by atoms with van der Waals surface area (Å²) in [7, 11) is 1.36. The predicted molar refractivity (Wildman–Crippen MR) is 74.5 cm³/mol. The summed E-state index contributed by atoms with van der Waals surface area (Å²) < 4.78 is 1.03. The van der Waals surface area contributed by atoms with E-state index in [1.165, 1.54) is 19.2 Å². The lowest BCUT2D eigenvalue weighted by Crippen LogP contribution is -2.51. The van der Waals surface area contributed by atoms with Gasteiger partial charge < -0.3 is 15.5 Å². The monoisotopic (exact) mass is 301 g/mol. The molecule has 0 fully saturated rings. The lowest BCUT2D eigenvalue weighted by molar-refractivity contribution is -0.101. The zero-order valence-corrected chi connectivity index (χ0v) is 11.4. The minimum Gasteiger partial charge on any atom is -0.372 e. The molecule has 8 heteroatoms. The first kappa shape index (κ1) is 13.0. The molecule has 1 aromatic carbocycles. The van der Waals surface area contributed by atoms with Gasteiger partial charge >= 0.3 is 5.69 Å². The highest BCUT2D eigenvalue weighted by molar-refractivity contribution is 6.11. The van der Waals surface area contributed by atoms with E-state index in [1.807, 2.05) is 4.98 Å². The van der Waals surface area contributed by atoms with Crippen molar-refractivity contribution < 1.29 is 15.0 Å². The van der Waals surface area contributed by atoms with Crippen molar-refractivity contribution in [2.45, 2.75) is 11.3 Å². The fourth-order valence-electron chi connectivity index (χ4n) is 3.28. The summed E-state index contributed by atoms with van der Waals surface area (Å²) >= 11 is 0. The molecule has 1 aromatic heterocycles. The van der Waals surface area contributed by atoms with Crippen molar-refractivity contribution in [1.29, 1.82) is 0 Å². The second kappa shape index (κ2) is 3.54. The Bertz CT molecular complexity index is 975. The fourth-order valence-corrected chi connectivity index (χ4v) is 3.28. The maximum Gasteiger partial charge on any atom is 0.329 e. The molecule has 0 saturated carbocycles. The van der Waals surface area contributed by atoms with Crippen LogP contribution in [-0.4, -0.2) is 25.5 Å². The van der Waals surface area contributed by atoms with Crippen molar-refractivity contribution in [3.05, 3.63) is 61.8 Å². The zero-order valence-electron chi connectivity index (χ0n) is 11.4. The van der Waals surface area contributed by atoms with Gasteiger partial charge in [0.25, 0.3) is 5.56 Å². The fraction of sp³-hybridized carbons (Fsp3) is 0.214. The van der Waals surface area contributed by atoms with Crippen LogP contribution in [0.4, 0.5) is 5.82 Å². The maximum absolute atomic E-state index is 12.6. The van der Waals surface area contributed by atoms with Gasteiger partial charge in [0.2, 0.25) is 17.1 Å². The lowest BCUT2D eigenvalue weighted by atomic mass is 9.88. The smallest absolute Gasteiger partial charge is 0.329 e. The van der Waals surface area contributed by atoms with Crippen molar-refractivity contribution in [2.75, 3.05) is 5.32 Å². The first-order valence-corrected chi connectivity index (χ1v) is 6.53. The van der Waals surface area contributed by atoms with E-state index in [1.54, 1.807) is 12.1 Å². The van der Waals surface area contributed by atoms with E-state index < -0.39 is 28.4 Å². The van der Waals surface area contributed by atoms with Crippen LogP contribution in [0.2, 0.25) is 0 Å². The lowest BCUT2D eigenvalue weighted by Gasteiger charge is -2.29. The summed E-state index contributed by atoms with van der Waals surface area (Å²) in [5, 5.41) is 24.4. The molecule has 4 rings (SSSR count). The van der Waals surface area contributed by atoms with Crippen molar-refractivity contribution in [2.24, 2.45) is 7.05 Å². The van der Waals surface area contributed by atoms with E-state index in [2.05, 4.69) is 5.32 Å². The number of hydrogen-bond donors (Lipinski definition) is 4. The first-order chi connectivity index (χ1) is 10.3. The number of Topliss-reactive ketones (excluding diaryl/α,β-unsaturated/α-hetero) is 1. The van der Waals surface area contributed by atoms with Gasteiger partial charge in [-0.05, 0) is 0 Å². The third-order valence-electron chi connectivity index (χ3n) is 4.40. The SMILES string of the molecule is Cn1c2c(c(=O)[nH]c1=O)[C@]1(O)C(=O)c3ccccc3[C@]1(O)N2. The Kier molecular flexibility index (Phi) is 2.09. The standard InChI is InChI=1S/C14H11N3O5/c1-17-10-8(11(19)15-12(17)20)13(21)9(18)6-4-2-3-5-7(6)14(13,22)16-10/h2-5,16,21-22H,1H3,(H,15,19,20)/t13-,14+/m0/s1. The van der Waals surface area contributed by atoms with Gasteiger partial charge in [0, 0.05) is 18.2 Å². The molecule has 0 radical (unpaired) electrons. The summed E-state index contributed by atoms with van der Waals surface area (Å²) in [5.74, 6) is -0.873. The molecule has 1 aliphatic heterocycles. The van der Waals surface area contributed by atoms with Gasteiger partial charge in [-0.1, -0.05) is 24.3 Å². The Morgan fingerprint density at radius 3 is 2.55 bits per heavy atom. The minimum absolute atomic E-state index is 0.0818. The van der Waals surface area contributed by atoms with Crippen LogP contribution < -0.4 is 16.6 Å². The van der Waals surface area contributed by atoms with Gasteiger partial charge in [-0.3, -0.25) is 19.1 Å². The summed E-state index contributed by atoms with van der Waals surface area (Å²) in [5.41, 5.74) is -6.39. The number of aliphatic hydroxyl groups is 2. The zero-order chi connectivity index (χ0) is 15.9. The van der Waals surface area contributed by atoms with Crippen LogP contribution in [0.5, 0.6) is 0 Å². The molecule has 0 saturated heterocycles. The number of aromatic amines is 1. The molecule has 2 aliphatic rings. The Balaban J connectivity index is 2.16. The molecule has 0 unspecified atom stereocenters. The van der Waals surface area contributed by atoms with Crippen LogP contribution in [0.25, 0.3) is 0 Å². The molecule has 2 aromatic rings. The number of benzene rings is 1. The topological polar surface area (TPSA) is 124 Å². The van der Waals surface area contributed by atoms with Gasteiger partial charge in [0.15, 0.2) is 0 Å². The van der Waals surface area contributed by atoms with Crippen molar-refractivity contribution in [1.82, 2.24) is 9.55 Å². The van der Waals surface area contributed by atoms with E-state index in [0.717, 1.165) is 4.57 Å². The molecule has 0 bridgehead atoms. The van der Waals surface area contributed by atoms with Gasteiger partial charge in [-0.2, -0.15) is 0 Å². The first-order valence-electron chi connectivity index (χ1n) is 6.53. The number of fused-ring (bicyclic) bond motifs is 5. The van der Waals surface area contributed by atoms with Gasteiger partial charge in [-0.25, -0.2) is 4.79 Å². The molecule has 8 nitrogen and oxygen atoms in total. The molecular weight excluding hydrogens is 290 g/mol. The molecule has 2 atom stereocenters. The number of aromatic nitrogens is 2. The largest absolute Gasteiger partial charge is 0.372 e. The second-order valence-corrected chi connectivity index (χ2v) is 5.46. The van der Waals surface area contributed by atoms with Crippen LogP contribution in [0.15, 0.2) is 33.9 Å². The van der Waals surface area contributed by atoms with Crippen molar-refractivity contribution >= 4 is 11.6 Å². The summed E-state index contributed by atoms with van der Waals surface area (Å²) in [4.78, 5) is 38.5.